The number of allylic oxidation sites excluding steroid dienone is 2. The maximum Gasteiger partial charge on any atom is 0.260 e. The molecule has 4 rings (SSSR count). The van der Waals surface area contributed by atoms with E-state index in [1.165, 1.54) is 25.0 Å². The van der Waals surface area contributed by atoms with Crippen LogP contribution in [0.5, 0.6) is 5.88 Å². The third kappa shape index (κ3) is 3.43. The van der Waals surface area contributed by atoms with Crippen LogP contribution in [0, 0.1) is 0 Å². The lowest BCUT2D eigenvalue weighted by Gasteiger charge is -2.14. The van der Waals surface area contributed by atoms with Gasteiger partial charge in [0.15, 0.2) is 17.3 Å². The molecule has 134 valence electrons. The summed E-state index contributed by atoms with van der Waals surface area (Å²) >= 11 is 0. The van der Waals surface area contributed by atoms with E-state index >= 15 is 0 Å². The summed E-state index contributed by atoms with van der Waals surface area (Å²) < 4.78 is 7.59. The van der Waals surface area contributed by atoms with E-state index < -0.39 is 0 Å². The Labute approximate surface area is 151 Å². The molecule has 3 heterocycles. The largest absolute Gasteiger partial charge is 0.474 e. The van der Waals surface area contributed by atoms with Gasteiger partial charge in [-0.15, -0.1) is 5.10 Å². The van der Waals surface area contributed by atoms with Crippen LogP contribution in [0.3, 0.4) is 0 Å². The molecule has 0 unspecified atom stereocenters. The molecule has 2 aromatic heterocycles. The summed E-state index contributed by atoms with van der Waals surface area (Å²) in [6, 6.07) is 5.63. The summed E-state index contributed by atoms with van der Waals surface area (Å²) in [4.78, 5) is 30.3. The molecule has 0 amide bonds. The average Bonchev–Trinajstić information content (AvgIpc) is 3.26. The highest BCUT2D eigenvalue weighted by molar-refractivity contribution is 6.50. The topological polar surface area (TPSA) is 76.3 Å². The molecule has 1 fully saturated rings. The Kier molecular flexibility index (Phi) is 4.62. The van der Waals surface area contributed by atoms with Crippen molar-refractivity contribution in [3.63, 3.8) is 0 Å². The number of carbonyl (C=O) groups is 2. The van der Waals surface area contributed by atoms with Crippen LogP contribution in [-0.4, -0.2) is 58.0 Å². The van der Waals surface area contributed by atoms with Crippen LogP contribution in [0.2, 0.25) is 0 Å². The first-order valence-corrected chi connectivity index (χ1v) is 8.86. The lowest BCUT2D eigenvalue weighted by atomic mass is 10.0. The van der Waals surface area contributed by atoms with Gasteiger partial charge < -0.3 is 4.74 Å². The van der Waals surface area contributed by atoms with E-state index in [9.17, 15) is 9.59 Å². The van der Waals surface area contributed by atoms with Crippen molar-refractivity contribution in [2.75, 3.05) is 26.2 Å². The number of carbonyl (C=O) groups excluding carboxylic acids is 2. The summed E-state index contributed by atoms with van der Waals surface area (Å²) in [5.74, 6) is -0.0762. The van der Waals surface area contributed by atoms with Crippen molar-refractivity contribution in [2.24, 2.45) is 4.99 Å². The quantitative estimate of drug-likeness (QED) is 0.769. The summed E-state index contributed by atoms with van der Waals surface area (Å²) in [5.41, 5.74) is 1.54. The number of Topliss-reactive ketones (excluding diaryl/α,β-unsaturated/α-hetero) is 1. The summed E-state index contributed by atoms with van der Waals surface area (Å²) in [7, 11) is 0. The molecule has 0 N–H and O–H groups in total. The van der Waals surface area contributed by atoms with Crippen LogP contribution in [0.25, 0.3) is 5.52 Å². The van der Waals surface area contributed by atoms with Crippen molar-refractivity contribution in [1.82, 2.24) is 14.5 Å². The Morgan fingerprint density at radius 2 is 2.00 bits per heavy atom. The first-order valence-electron chi connectivity index (χ1n) is 8.86. The number of hydrogen-bond donors (Lipinski definition) is 0. The minimum atomic E-state index is -0.282. The highest BCUT2D eigenvalue weighted by atomic mass is 16.5. The van der Waals surface area contributed by atoms with Crippen molar-refractivity contribution < 1.29 is 14.3 Å². The Balaban J connectivity index is 1.62. The molecule has 2 aromatic rings. The Morgan fingerprint density at radius 3 is 2.81 bits per heavy atom. The van der Waals surface area contributed by atoms with Gasteiger partial charge in [-0.3, -0.25) is 14.5 Å². The maximum absolute atomic E-state index is 12.1. The van der Waals surface area contributed by atoms with E-state index in [0.29, 0.717) is 18.2 Å². The van der Waals surface area contributed by atoms with E-state index in [-0.39, 0.29) is 23.7 Å². The van der Waals surface area contributed by atoms with Crippen molar-refractivity contribution in [2.45, 2.75) is 19.3 Å². The molecule has 1 aliphatic carbocycles. The molecule has 7 heteroatoms. The zero-order chi connectivity index (χ0) is 17.9. The van der Waals surface area contributed by atoms with Crippen LogP contribution >= 0.6 is 0 Å². The lowest BCUT2D eigenvalue weighted by molar-refractivity contribution is -0.121. The molecule has 2 aliphatic rings. The predicted molar refractivity (Wildman–Crippen MR) is 97.2 cm³/mol. The number of ketones is 2. The third-order valence-corrected chi connectivity index (χ3v) is 4.61. The summed E-state index contributed by atoms with van der Waals surface area (Å²) in [6.45, 7) is 3.58. The van der Waals surface area contributed by atoms with Gasteiger partial charge in [0, 0.05) is 12.7 Å². The number of aliphatic imine (C=N–C) groups is 1. The standard InChI is InChI=1S/C19H20N4O3/c24-14-6-7-15(17(25)13-14)20-18-16-5-1-2-10-23(16)21-19(18)26-12-11-22-8-3-4-9-22/h1-2,5-7,10H,3-4,8-9,11-13H2. The van der Waals surface area contributed by atoms with Crippen molar-refractivity contribution in [1.29, 1.82) is 0 Å². The SMILES string of the molecule is O=C1C=CC(=Nc2c(OCCN3CCCC3)nn3ccccc23)C(=O)C1. The number of fused-ring (bicyclic) bond motifs is 1. The highest BCUT2D eigenvalue weighted by Gasteiger charge is 2.21. The van der Waals surface area contributed by atoms with E-state index in [4.69, 9.17) is 4.74 Å². The Hall–Kier alpha value is -2.80. The fourth-order valence-electron chi connectivity index (χ4n) is 3.24. The van der Waals surface area contributed by atoms with Gasteiger partial charge in [0.25, 0.3) is 5.88 Å². The molecule has 1 aliphatic heterocycles. The molecule has 1 saturated heterocycles. The van der Waals surface area contributed by atoms with Crippen molar-refractivity contribution in [3.05, 3.63) is 36.5 Å². The summed E-state index contributed by atoms with van der Waals surface area (Å²) in [5, 5.41) is 4.45. The molecular weight excluding hydrogens is 332 g/mol. The van der Waals surface area contributed by atoms with Crippen LogP contribution in [0.15, 0.2) is 41.5 Å². The number of rotatable bonds is 5. The number of hydrogen-bond acceptors (Lipinski definition) is 6. The van der Waals surface area contributed by atoms with Gasteiger partial charge in [-0.1, -0.05) is 6.07 Å². The second-order valence-electron chi connectivity index (χ2n) is 6.48. The Bertz CT molecular complexity index is 907. The van der Waals surface area contributed by atoms with E-state index in [1.807, 2.05) is 24.4 Å². The lowest BCUT2D eigenvalue weighted by Crippen LogP contribution is -2.25. The first kappa shape index (κ1) is 16.7. The normalized spacial score (nSPS) is 19.8. The van der Waals surface area contributed by atoms with Gasteiger partial charge in [-0.25, -0.2) is 9.51 Å². The van der Waals surface area contributed by atoms with E-state index in [2.05, 4.69) is 15.0 Å². The smallest absolute Gasteiger partial charge is 0.260 e. The molecule has 26 heavy (non-hydrogen) atoms. The monoisotopic (exact) mass is 352 g/mol. The van der Waals surface area contributed by atoms with Gasteiger partial charge in [0.1, 0.15) is 12.3 Å². The second-order valence-corrected chi connectivity index (χ2v) is 6.48. The van der Waals surface area contributed by atoms with Crippen LogP contribution in [0.4, 0.5) is 5.69 Å². The van der Waals surface area contributed by atoms with Gasteiger partial charge in [0.2, 0.25) is 0 Å². The third-order valence-electron chi connectivity index (χ3n) is 4.61. The molecule has 0 bridgehead atoms. The minimum absolute atomic E-state index is 0.139. The Morgan fingerprint density at radius 1 is 1.15 bits per heavy atom. The molecule has 0 atom stereocenters. The van der Waals surface area contributed by atoms with E-state index in [0.717, 1.165) is 25.2 Å². The van der Waals surface area contributed by atoms with Gasteiger partial charge in [-0.05, 0) is 50.2 Å². The van der Waals surface area contributed by atoms with E-state index in [1.54, 1.807) is 4.52 Å². The second kappa shape index (κ2) is 7.21. The molecular formula is C19H20N4O3. The van der Waals surface area contributed by atoms with Gasteiger partial charge in [-0.2, -0.15) is 0 Å². The number of aromatic nitrogens is 2. The van der Waals surface area contributed by atoms with Crippen molar-refractivity contribution in [3.8, 4) is 5.88 Å². The number of ether oxygens (including phenoxy) is 1. The van der Waals surface area contributed by atoms with Gasteiger partial charge >= 0.3 is 0 Å². The fourth-order valence-corrected chi connectivity index (χ4v) is 3.24. The van der Waals surface area contributed by atoms with Gasteiger partial charge in [0.05, 0.1) is 11.9 Å². The fraction of sp³-hybridized carbons (Fsp3) is 0.368. The zero-order valence-corrected chi connectivity index (χ0v) is 14.4. The van der Waals surface area contributed by atoms with Crippen molar-refractivity contribution >= 4 is 28.5 Å². The number of likely N-dealkylation sites (tertiary alicyclic amines) is 1. The average molecular weight is 352 g/mol. The maximum atomic E-state index is 12.1. The first-order chi connectivity index (χ1) is 12.7. The predicted octanol–water partition coefficient (Wildman–Crippen LogP) is 1.98. The zero-order valence-electron chi connectivity index (χ0n) is 14.4. The minimum Gasteiger partial charge on any atom is -0.474 e. The summed E-state index contributed by atoms with van der Waals surface area (Å²) in [6.07, 6.45) is 7.00. The molecule has 0 aromatic carbocycles. The molecule has 0 spiro atoms. The van der Waals surface area contributed by atoms with Crippen LogP contribution in [0.1, 0.15) is 19.3 Å². The van der Waals surface area contributed by atoms with Crippen LogP contribution < -0.4 is 4.74 Å². The molecule has 0 saturated carbocycles. The molecule has 7 nitrogen and oxygen atoms in total. The number of pyridine rings is 1. The van der Waals surface area contributed by atoms with Crippen LogP contribution in [-0.2, 0) is 9.59 Å². The highest BCUT2D eigenvalue weighted by Crippen LogP contribution is 2.32. The molecule has 0 radical (unpaired) electrons. The number of nitrogens with zero attached hydrogens (tertiary/aromatic N) is 4.